The van der Waals surface area contributed by atoms with E-state index in [-0.39, 0.29) is 11.9 Å². The number of nitrogens with one attached hydrogen (secondary N) is 1. The normalized spacial score (nSPS) is 17.5. The number of benzene rings is 1. The van der Waals surface area contributed by atoms with E-state index in [2.05, 4.69) is 10.4 Å². The number of urea groups is 1. The number of rotatable bonds is 3. The summed E-state index contributed by atoms with van der Waals surface area (Å²) in [6, 6.07) is 8.95. The van der Waals surface area contributed by atoms with Crippen molar-refractivity contribution in [2.24, 2.45) is 0 Å². The molecule has 1 aromatic heterocycles. The van der Waals surface area contributed by atoms with Crippen molar-refractivity contribution in [3.8, 4) is 5.69 Å². The summed E-state index contributed by atoms with van der Waals surface area (Å²) in [6.07, 6.45) is 0.776. The molecule has 1 N–H and O–H groups in total. The number of carbonyl (C=O) groups is 2. The zero-order valence-electron chi connectivity index (χ0n) is 15.7. The van der Waals surface area contributed by atoms with Gasteiger partial charge in [-0.1, -0.05) is 25.1 Å². The Balaban J connectivity index is 1.91. The molecule has 1 fully saturated rings. The molecular formula is C19H25N5O2. The lowest BCUT2D eigenvalue weighted by atomic mass is 10.2. The van der Waals surface area contributed by atoms with Gasteiger partial charge < -0.3 is 9.80 Å². The first-order chi connectivity index (χ1) is 12.4. The van der Waals surface area contributed by atoms with Gasteiger partial charge in [0, 0.05) is 25.7 Å². The van der Waals surface area contributed by atoms with Crippen molar-refractivity contribution in [1.82, 2.24) is 19.6 Å². The molecule has 7 nitrogen and oxygen atoms in total. The van der Waals surface area contributed by atoms with Gasteiger partial charge in [0.25, 0.3) is 0 Å². The Labute approximate surface area is 153 Å². The fourth-order valence-corrected chi connectivity index (χ4v) is 3.24. The molecule has 138 valence electrons. The summed E-state index contributed by atoms with van der Waals surface area (Å²) < 4.78 is 1.76. The number of likely N-dealkylation sites (N-methyl/N-ethyl adjacent to an activating group) is 1. The molecule has 1 atom stereocenters. The Bertz CT molecular complexity index is 815. The summed E-state index contributed by atoms with van der Waals surface area (Å²) in [5, 5.41) is 7.64. The average molecular weight is 355 g/mol. The van der Waals surface area contributed by atoms with E-state index in [0.717, 1.165) is 23.4 Å². The van der Waals surface area contributed by atoms with Crippen LogP contribution in [0.15, 0.2) is 30.3 Å². The van der Waals surface area contributed by atoms with Crippen LogP contribution >= 0.6 is 0 Å². The third-order valence-corrected chi connectivity index (χ3v) is 4.92. The summed E-state index contributed by atoms with van der Waals surface area (Å²) in [5.41, 5.74) is 2.76. The first-order valence-electron chi connectivity index (χ1n) is 8.90. The number of hydrogen-bond acceptors (Lipinski definition) is 3. The van der Waals surface area contributed by atoms with E-state index in [4.69, 9.17) is 0 Å². The largest absolute Gasteiger partial charge is 0.342 e. The lowest BCUT2D eigenvalue weighted by Crippen LogP contribution is -2.57. The maximum Gasteiger partial charge on any atom is 0.323 e. The van der Waals surface area contributed by atoms with Gasteiger partial charge in [0.2, 0.25) is 5.91 Å². The quantitative estimate of drug-likeness (QED) is 0.919. The zero-order chi connectivity index (χ0) is 18.8. The fourth-order valence-electron chi connectivity index (χ4n) is 3.24. The Kier molecular flexibility index (Phi) is 4.97. The monoisotopic (exact) mass is 355 g/mol. The summed E-state index contributed by atoms with van der Waals surface area (Å²) >= 11 is 0. The first kappa shape index (κ1) is 18.0. The minimum atomic E-state index is -0.479. The van der Waals surface area contributed by atoms with Gasteiger partial charge in [-0.3, -0.25) is 10.1 Å². The van der Waals surface area contributed by atoms with E-state index in [9.17, 15) is 9.59 Å². The van der Waals surface area contributed by atoms with Crippen LogP contribution in [0, 0.1) is 6.92 Å². The number of piperazine rings is 1. The van der Waals surface area contributed by atoms with E-state index in [0.29, 0.717) is 18.9 Å². The molecule has 7 heteroatoms. The molecule has 1 aliphatic heterocycles. The van der Waals surface area contributed by atoms with Crippen LogP contribution in [0.3, 0.4) is 0 Å². The summed E-state index contributed by atoms with van der Waals surface area (Å²) in [4.78, 5) is 28.3. The Hall–Kier alpha value is -2.83. The number of para-hydroxylation sites is 1. The van der Waals surface area contributed by atoms with Crippen LogP contribution in [0.4, 0.5) is 10.6 Å². The molecule has 3 rings (SSSR count). The number of carbonyl (C=O) groups excluding carboxylic acids is 2. The molecule has 2 aromatic rings. The number of hydrogen-bond donors (Lipinski definition) is 1. The Morgan fingerprint density at radius 2 is 1.96 bits per heavy atom. The van der Waals surface area contributed by atoms with Gasteiger partial charge in [0.05, 0.1) is 11.4 Å². The molecule has 1 unspecified atom stereocenters. The predicted octanol–water partition coefficient (Wildman–Crippen LogP) is 2.44. The van der Waals surface area contributed by atoms with Crippen molar-refractivity contribution < 1.29 is 9.59 Å². The predicted molar refractivity (Wildman–Crippen MR) is 101 cm³/mol. The Morgan fingerprint density at radius 3 is 2.62 bits per heavy atom. The second kappa shape index (κ2) is 7.19. The molecule has 1 aromatic carbocycles. The molecule has 0 bridgehead atoms. The van der Waals surface area contributed by atoms with Crippen LogP contribution < -0.4 is 5.32 Å². The highest BCUT2D eigenvalue weighted by molar-refractivity contribution is 5.94. The van der Waals surface area contributed by atoms with E-state index >= 15 is 0 Å². The number of anilines is 1. The van der Waals surface area contributed by atoms with Gasteiger partial charge in [0.15, 0.2) is 0 Å². The van der Waals surface area contributed by atoms with Crippen molar-refractivity contribution in [1.29, 1.82) is 0 Å². The van der Waals surface area contributed by atoms with Crippen LogP contribution in [0.1, 0.15) is 25.1 Å². The van der Waals surface area contributed by atoms with Crippen LogP contribution in [-0.4, -0.2) is 57.7 Å². The molecule has 0 radical (unpaired) electrons. The van der Waals surface area contributed by atoms with Crippen molar-refractivity contribution in [2.45, 2.75) is 33.2 Å². The average Bonchev–Trinajstić information content (AvgIpc) is 2.96. The minimum Gasteiger partial charge on any atom is -0.342 e. The van der Waals surface area contributed by atoms with Gasteiger partial charge in [-0.25, -0.2) is 9.48 Å². The number of nitrogens with zero attached hydrogens (tertiary/aromatic N) is 4. The smallest absolute Gasteiger partial charge is 0.323 e. The van der Waals surface area contributed by atoms with Gasteiger partial charge >= 0.3 is 6.03 Å². The molecule has 2 heterocycles. The molecule has 0 aliphatic carbocycles. The standard InChI is InChI=1S/C19H25N5O2/c1-5-16-13(2)17(24(21-16)15-9-7-6-8-10-15)20-19(26)23-12-11-22(4)18(25)14(23)3/h6-10,14H,5,11-12H2,1-4H3,(H,20,26). The maximum atomic E-state index is 12.9. The summed E-state index contributed by atoms with van der Waals surface area (Å²) in [7, 11) is 1.76. The SMILES string of the molecule is CCc1nn(-c2ccccc2)c(NC(=O)N2CCN(C)C(=O)C2C)c1C. The molecular weight excluding hydrogens is 330 g/mol. The molecule has 1 saturated heterocycles. The van der Waals surface area contributed by atoms with Gasteiger partial charge in [-0.05, 0) is 32.4 Å². The fraction of sp³-hybridized carbons (Fsp3) is 0.421. The number of aromatic nitrogens is 2. The number of aryl methyl sites for hydroxylation is 1. The van der Waals surface area contributed by atoms with Crippen LogP contribution in [0.25, 0.3) is 5.69 Å². The van der Waals surface area contributed by atoms with Gasteiger partial charge in [-0.2, -0.15) is 5.10 Å². The highest BCUT2D eigenvalue weighted by Crippen LogP contribution is 2.24. The van der Waals surface area contributed by atoms with Crippen molar-refractivity contribution in [3.63, 3.8) is 0 Å². The van der Waals surface area contributed by atoms with Crippen LogP contribution in [0.5, 0.6) is 0 Å². The molecule has 1 aliphatic rings. The first-order valence-corrected chi connectivity index (χ1v) is 8.90. The highest BCUT2D eigenvalue weighted by Gasteiger charge is 2.33. The van der Waals surface area contributed by atoms with E-state index < -0.39 is 6.04 Å². The maximum absolute atomic E-state index is 12.9. The third-order valence-electron chi connectivity index (χ3n) is 4.92. The lowest BCUT2D eigenvalue weighted by molar-refractivity contribution is -0.137. The second-order valence-corrected chi connectivity index (χ2v) is 6.58. The van der Waals surface area contributed by atoms with E-state index in [1.54, 1.807) is 28.5 Å². The number of amides is 3. The van der Waals surface area contributed by atoms with Gasteiger partial charge in [0.1, 0.15) is 11.9 Å². The minimum absolute atomic E-state index is 0.0473. The lowest BCUT2D eigenvalue weighted by Gasteiger charge is -2.37. The van der Waals surface area contributed by atoms with Crippen LogP contribution in [-0.2, 0) is 11.2 Å². The van der Waals surface area contributed by atoms with Crippen LogP contribution in [0.2, 0.25) is 0 Å². The molecule has 3 amide bonds. The second-order valence-electron chi connectivity index (χ2n) is 6.58. The van der Waals surface area contributed by atoms with E-state index in [1.807, 2.05) is 44.2 Å². The van der Waals surface area contributed by atoms with E-state index in [1.165, 1.54) is 0 Å². The van der Waals surface area contributed by atoms with Crippen molar-refractivity contribution in [2.75, 3.05) is 25.5 Å². The third kappa shape index (κ3) is 3.16. The molecule has 0 saturated carbocycles. The summed E-state index contributed by atoms with van der Waals surface area (Å²) in [5.74, 6) is 0.602. The Morgan fingerprint density at radius 1 is 1.27 bits per heavy atom. The summed E-state index contributed by atoms with van der Waals surface area (Å²) in [6.45, 7) is 6.80. The van der Waals surface area contributed by atoms with Gasteiger partial charge in [-0.15, -0.1) is 0 Å². The zero-order valence-corrected chi connectivity index (χ0v) is 15.7. The topological polar surface area (TPSA) is 70.5 Å². The highest BCUT2D eigenvalue weighted by atomic mass is 16.2. The molecule has 0 spiro atoms. The van der Waals surface area contributed by atoms with Crippen molar-refractivity contribution >= 4 is 17.8 Å². The molecule has 26 heavy (non-hydrogen) atoms. The van der Waals surface area contributed by atoms with Crippen molar-refractivity contribution in [3.05, 3.63) is 41.6 Å².